The largest absolute Gasteiger partial charge is 0.330 e. The smallest absolute Gasteiger partial charge is 0.00967 e. The van der Waals surface area contributed by atoms with Crippen molar-refractivity contribution in [2.24, 2.45) is 11.1 Å². The molecule has 1 aliphatic rings. The summed E-state index contributed by atoms with van der Waals surface area (Å²) >= 11 is 0. The van der Waals surface area contributed by atoms with Crippen LogP contribution in [0.2, 0.25) is 0 Å². The van der Waals surface area contributed by atoms with Crippen molar-refractivity contribution < 1.29 is 0 Å². The Labute approximate surface area is 88.6 Å². The van der Waals surface area contributed by atoms with E-state index in [2.05, 4.69) is 26.1 Å². The summed E-state index contributed by atoms with van der Waals surface area (Å²) in [5.41, 5.74) is 6.54. The van der Waals surface area contributed by atoms with Crippen LogP contribution in [0.3, 0.4) is 0 Å². The molecule has 0 aromatic rings. The van der Waals surface area contributed by atoms with Crippen molar-refractivity contribution in [3.8, 4) is 0 Å². The van der Waals surface area contributed by atoms with E-state index < -0.39 is 0 Å². The second kappa shape index (κ2) is 4.63. The van der Waals surface area contributed by atoms with E-state index >= 15 is 0 Å². The topological polar surface area (TPSA) is 38.0 Å². The quantitative estimate of drug-likeness (QED) is 0.730. The molecular weight excluding hydrogens is 172 g/mol. The van der Waals surface area contributed by atoms with Crippen molar-refractivity contribution in [3.05, 3.63) is 0 Å². The summed E-state index contributed by atoms with van der Waals surface area (Å²) in [6, 6.07) is 0. The van der Waals surface area contributed by atoms with Gasteiger partial charge >= 0.3 is 0 Å². The Morgan fingerprint density at radius 3 is 2.14 bits per heavy atom. The number of nitrogens with two attached hydrogens (primary N) is 1. The molecule has 0 amide bonds. The van der Waals surface area contributed by atoms with Crippen molar-refractivity contribution in [3.63, 3.8) is 0 Å². The van der Waals surface area contributed by atoms with Crippen LogP contribution in [0.4, 0.5) is 0 Å². The SMILES string of the molecule is CC(C)(C)NCC1(CN)CCCCC1. The molecule has 1 saturated carbocycles. The summed E-state index contributed by atoms with van der Waals surface area (Å²) in [5.74, 6) is 0. The van der Waals surface area contributed by atoms with Gasteiger partial charge in [-0.1, -0.05) is 19.3 Å². The second-order valence-electron chi connectivity index (χ2n) is 5.87. The van der Waals surface area contributed by atoms with Crippen molar-refractivity contribution in [1.82, 2.24) is 5.32 Å². The molecule has 3 N–H and O–H groups in total. The first-order chi connectivity index (χ1) is 6.47. The molecule has 0 atom stereocenters. The van der Waals surface area contributed by atoms with E-state index in [1.165, 1.54) is 32.1 Å². The van der Waals surface area contributed by atoms with Crippen molar-refractivity contribution >= 4 is 0 Å². The molecule has 1 rings (SSSR count). The molecule has 0 saturated heterocycles. The number of hydrogen-bond donors (Lipinski definition) is 2. The fourth-order valence-corrected chi connectivity index (χ4v) is 2.21. The minimum atomic E-state index is 0.222. The van der Waals surface area contributed by atoms with E-state index in [0.717, 1.165) is 13.1 Å². The predicted molar refractivity (Wildman–Crippen MR) is 62.3 cm³/mol. The highest BCUT2D eigenvalue weighted by atomic mass is 15.0. The van der Waals surface area contributed by atoms with Gasteiger partial charge in [0, 0.05) is 12.1 Å². The number of rotatable bonds is 3. The van der Waals surface area contributed by atoms with Gasteiger partial charge in [-0.2, -0.15) is 0 Å². The van der Waals surface area contributed by atoms with Gasteiger partial charge in [0.25, 0.3) is 0 Å². The molecule has 1 fully saturated rings. The molecule has 0 aromatic heterocycles. The summed E-state index contributed by atoms with van der Waals surface area (Å²) in [6.07, 6.45) is 6.75. The first kappa shape index (κ1) is 12.0. The van der Waals surface area contributed by atoms with Crippen LogP contribution in [0.1, 0.15) is 52.9 Å². The zero-order chi connectivity index (χ0) is 10.7. The average molecular weight is 198 g/mol. The van der Waals surface area contributed by atoms with Crippen LogP contribution in [-0.2, 0) is 0 Å². The molecule has 84 valence electrons. The number of nitrogens with one attached hydrogen (secondary N) is 1. The maximum absolute atomic E-state index is 5.93. The van der Waals surface area contributed by atoms with Gasteiger partial charge in [-0.25, -0.2) is 0 Å². The summed E-state index contributed by atoms with van der Waals surface area (Å²) in [5, 5.41) is 3.60. The Bertz CT molecular complexity index is 164. The molecule has 0 aliphatic heterocycles. The Morgan fingerprint density at radius 1 is 1.14 bits per heavy atom. The molecule has 2 heteroatoms. The van der Waals surface area contributed by atoms with Crippen molar-refractivity contribution in [2.75, 3.05) is 13.1 Å². The molecule has 0 spiro atoms. The summed E-state index contributed by atoms with van der Waals surface area (Å²) in [6.45, 7) is 8.60. The van der Waals surface area contributed by atoms with Crippen LogP contribution in [-0.4, -0.2) is 18.6 Å². The Morgan fingerprint density at radius 2 is 1.71 bits per heavy atom. The summed E-state index contributed by atoms with van der Waals surface area (Å²) in [7, 11) is 0. The Balaban J connectivity index is 2.44. The molecule has 0 radical (unpaired) electrons. The highest BCUT2D eigenvalue weighted by Crippen LogP contribution is 2.34. The van der Waals surface area contributed by atoms with E-state index in [1.54, 1.807) is 0 Å². The van der Waals surface area contributed by atoms with E-state index in [4.69, 9.17) is 5.73 Å². The Hall–Kier alpha value is -0.0800. The van der Waals surface area contributed by atoms with Crippen molar-refractivity contribution in [1.29, 1.82) is 0 Å². The highest BCUT2D eigenvalue weighted by Gasteiger charge is 2.31. The molecule has 0 aromatic carbocycles. The van der Waals surface area contributed by atoms with Crippen LogP contribution in [0.25, 0.3) is 0 Å². The highest BCUT2D eigenvalue weighted by molar-refractivity contribution is 4.87. The van der Waals surface area contributed by atoms with Crippen LogP contribution < -0.4 is 11.1 Å². The lowest BCUT2D eigenvalue weighted by Gasteiger charge is -2.38. The third-order valence-electron chi connectivity index (χ3n) is 3.34. The van der Waals surface area contributed by atoms with Crippen LogP contribution in [0.5, 0.6) is 0 Å². The minimum absolute atomic E-state index is 0.222. The fraction of sp³-hybridized carbons (Fsp3) is 1.00. The van der Waals surface area contributed by atoms with E-state index in [9.17, 15) is 0 Å². The third-order valence-corrected chi connectivity index (χ3v) is 3.34. The lowest BCUT2D eigenvalue weighted by atomic mass is 9.73. The zero-order valence-electron chi connectivity index (χ0n) is 10.0. The maximum atomic E-state index is 5.93. The maximum Gasteiger partial charge on any atom is 0.00967 e. The lowest BCUT2D eigenvalue weighted by Crippen LogP contribution is -2.47. The normalized spacial score (nSPS) is 22.3. The third kappa shape index (κ3) is 3.58. The monoisotopic (exact) mass is 198 g/mol. The first-order valence-corrected chi connectivity index (χ1v) is 5.93. The van der Waals surface area contributed by atoms with Gasteiger partial charge in [-0.3, -0.25) is 0 Å². The van der Waals surface area contributed by atoms with E-state index in [-0.39, 0.29) is 5.54 Å². The average Bonchev–Trinajstić information content (AvgIpc) is 2.15. The van der Waals surface area contributed by atoms with Crippen LogP contribution in [0, 0.1) is 5.41 Å². The van der Waals surface area contributed by atoms with Gasteiger partial charge in [0.05, 0.1) is 0 Å². The first-order valence-electron chi connectivity index (χ1n) is 5.93. The van der Waals surface area contributed by atoms with Gasteiger partial charge in [-0.15, -0.1) is 0 Å². The predicted octanol–water partition coefficient (Wildman–Crippen LogP) is 2.28. The van der Waals surface area contributed by atoms with Crippen LogP contribution >= 0.6 is 0 Å². The Kier molecular flexibility index (Phi) is 3.96. The summed E-state index contributed by atoms with van der Waals surface area (Å²) < 4.78 is 0. The molecular formula is C12H26N2. The molecule has 1 aliphatic carbocycles. The van der Waals surface area contributed by atoms with E-state index in [1.807, 2.05) is 0 Å². The standard InChI is InChI=1S/C12H26N2/c1-11(2,3)14-10-12(9-13)7-5-4-6-8-12/h14H,4-10,13H2,1-3H3. The second-order valence-corrected chi connectivity index (χ2v) is 5.87. The van der Waals surface area contributed by atoms with Gasteiger partial charge in [0.15, 0.2) is 0 Å². The van der Waals surface area contributed by atoms with Crippen LogP contribution in [0.15, 0.2) is 0 Å². The molecule has 0 heterocycles. The van der Waals surface area contributed by atoms with Gasteiger partial charge < -0.3 is 11.1 Å². The van der Waals surface area contributed by atoms with E-state index in [0.29, 0.717) is 5.41 Å². The molecule has 0 bridgehead atoms. The molecule has 14 heavy (non-hydrogen) atoms. The fourth-order valence-electron chi connectivity index (χ4n) is 2.21. The minimum Gasteiger partial charge on any atom is -0.330 e. The molecule has 2 nitrogen and oxygen atoms in total. The zero-order valence-corrected chi connectivity index (χ0v) is 10.0. The van der Waals surface area contributed by atoms with Crippen molar-refractivity contribution in [2.45, 2.75) is 58.4 Å². The van der Waals surface area contributed by atoms with Gasteiger partial charge in [0.2, 0.25) is 0 Å². The number of hydrogen-bond acceptors (Lipinski definition) is 2. The van der Waals surface area contributed by atoms with Gasteiger partial charge in [-0.05, 0) is 45.6 Å². The summed E-state index contributed by atoms with van der Waals surface area (Å²) in [4.78, 5) is 0. The molecule has 0 unspecified atom stereocenters. The van der Waals surface area contributed by atoms with Gasteiger partial charge in [0.1, 0.15) is 0 Å². The lowest BCUT2D eigenvalue weighted by molar-refractivity contribution is 0.175.